The SMILES string of the molecule is Cc1cccc(S(=O)(=O)NCc2nn[nH]n2)c1. The van der Waals surface area contributed by atoms with E-state index in [1.807, 2.05) is 13.0 Å². The molecule has 90 valence electrons. The van der Waals surface area contributed by atoms with Crippen LogP contribution in [0.1, 0.15) is 11.4 Å². The number of aryl methyl sites for hydroxylation is 1. The lowest BCUT2D eigenvalue weighted by Gasteiger charge is -2.05. The summed E-state index contributed by atoms with van der Waals surface area (Å²) in [5.74, 6) is 0.293. The van der Waals surface area contributed by atoms with E-state index >= 15 is 0 Å². The lowest BCUT2D eigenvalue weighted by Crippen LogP contribution is -2.23. The lowest BCUT2D eigenvalue weighted by molar-refractivity contribution is 0.579. The van der Waals surface area contributed by atoms with Gasteiger partial charge in [0.05, 0.1) is 11.4 Å². The van der Waals surface area contributed by atoms with Crippen molar-refractivity contribution < 1.29 is 8.42 Å². The van der Waals surface area contributed by atoms with Crippen molar-refractivity contribution in [3.63, 3.8) is 0 Å². The zero-order chi connectivity index (χ0) is 12.3. The average molecular weight is 253 g/mol. The van der Waals surface area contributed by atoms with Gasteiger partial charge in [0, 0.05) is 0 Å². The Kier molecular flexibility index (Phi) is 3.16. The molecule has 1 heterocycles. The maximum absolute atomic E-state index is 11.9. The van der Waals surface area contributed by atoms with Crippen molar-refractivity contribution in [1.29, 1.82) is 0 Å². The van der Waals surface area contributed by atoms with Crippen molar-refractivity contribution in [1.82, 2.24) is 25.3 Å². The summed E-state index contributed by atoms with van der Waals surface area (Å²) < 4.78 is 26.2. The number of rotatable bonds is 4. The summed E-state index contributed by atoms with van der Waals surface area (Å²) in [5, 5.41) is 12.9. The largest absolute Gasteiger partial charge is 0.240 e. The first-order valence-electron chi connectivity index (χ1n) is 4.86. The van der Waals surface area contributed by atoms with Crippen molar-refractivity contribution in [2.75, 3.05) is 0 Å². The maximum Gasteiger partial charge on any atom is 0.240 e. The number of benzene rings is 1. The predicted octanol–water partition coefficient (Wildman–Crippen LogP) is -0.0134. The number of aromatic nitrogens is 4. The fourth-order valence-corrected chi connectivity index (χ4v) is 2.37. The topological polar surface area (TPSA) is 101 Å². The highest BCUT2D eigenvalue weighted by atomic mass is 32.2. The van der Waals surface area contributed by atoms with Crippen molar-refractivity contribution in [2.24, 2.45) is 0 Å². The molecule has 0 aliphatic heterocycles. The Morgan fingerprint density at radius 3 is 2.88 bits per heavy atom. The first kappa shape index (κ1) is 11.7. The lowest BCUT2D eigenvalue weighted by atomic mass is 10.2. The Morgan fingerprint density at radius 2 is 2.24 bits per heavy atom. The number of H-pyrrole nitrogens is 1. The van der Waals surface area contributed by atoms with Crippen LogP contribution < -0.4 is 4.72 Å². The number of aromatic amines is 1. The first-order chi connectivity index (χ1) is 8.08. The van der Waals surface area contributed by atoms with Crippen LogP contribution in [0.15, 0.2) is 29.2 Å². The van der Waals surface area contributed by atoms with Gasteiger partial charge >= 0.3 is 0 Å². The van der Waals surface area contributed by atoms with Gasteiger partial charge in [-0.2, -0.15) is 5.21 Å². The molecule has 2 N–H and O–H groups in total. The highest BCUT2D eigenvalue weighted by molar-refractivity contribution is 7.89. The average Bonchev–Trinajstić information content (AvgIpc) is 2.79. The van der Waals surface area contributed by atoms with Crippen LogP contribution in [0.25, 0.3) is 0 Å². The Morgan fingerprint density at radius 1 is 1.41 bits per heavy atom. The normalized spacial score (nSPS) is 11.6. The molecule has 8 heteroatoms. The van der Waals surface area contributed by atoms with Gasteiger partial charge in [-0.25, -0.2) is 13.1 Å². The molecule has 2 aromatic rings. The van der Waals surface area contributed by atoms with Gasteiger partial charge < -0.3 is 0 Å². The molecule has 0 atom stereocenters. The number of tetrazole rings is 1. The van der Waals surface area contributed by atoms with Gasteiger partial charge in [0.15, 0.2) is 5.82 Å². The van der Waals surface area contributed by atoms with Crippen LogP contribution >= 0.6 is 0 Å². The summed E-state index contributed by atoms with van der Waals surface area (Å²) in [6.45, 7) is 1.84. The van der Waals surface area contributed by atoms with Gasteiger partial charge in [-0.05, 0) is 24.6 Å². The van der Waals surface area contributed by atoms with Gasteiger partial charge in [0.25, 0.3) is 0 Å². The van der Waals surface area contributed by atoms with Crippen LogP contribution in [0.4, 0.5) is 0 Å². The summed E-state index contributed by atoms with van der Waals surface area (Å²) in [6, 6.07) is 6.65. The molecular formula is C9H11N5O2S. The minimum atomic E-state index is -3.53. The van der Waals surface area contributed by atoms with Gasteiger partial charge in [-0.3, -0.25) is 0 Å². The Labute approximate surface area is 98.3 Å². The van der Waals surface area contributed by atoms with E-state index in [0.717, 1.165) is 5.56 Å². The molecule has 0 aliphatic carbocycles. The summed E-state index contributed by atoms with van der Waals surface area (Å²) in [6.07, 6.45) is 0. The Balaban J connectivity index is 2.14. The molecular weight excluding hydrogens is 242 g/mol. The van der Waals surface area contributed by atoms with Gasteiger partial charge in [-0.1, -0.05) is 17.3 Å². The number of nitrogens with zero attached hydrogens (tertiary/aromatic N) is 3. The molecule has 1 aromatic heterocycles. The fourth-order valence-electron chi connectivity index (χ4n) is 1.28. The minimum absolute atomic E-state index is 0.00672. The van der Waals surface area contributed by atoms with E-state index in [9.17, 15) is 8.42 Å². The number of sulfonamides is 1. The van der Waals surface area contributed by atoms with E-state index in [1.54, 1.807) is 12.1 Å². The summed E-state index contributed by atoms with van der Waals surface area (Å²) in [5.41, 5.74) is 0.882. The van der Waals surface area contributed by atoms with Gasteiger partial charge in [-0.15, -0.1) is 10.2 Å². The molecule has 0 fully saturated rings. The molecule has 0 bridgehead atoms. The zero-order valence-corrected chi connectivity index (χ0v) is 9.90. The van der Waals surface area contributed by atoms with Crippen molar-refractivity contribution in [2.45, 2.75) is 18.4 Å². The zero-order valence-electron chi connectivity index (χ0n) is 9.08. The van der Waals surface area contributed by atoms with Crippen molar-refractivity contribution in [3.8, 4) is 0 Å². The highest BCUT2D eigenvalue weighted by Gasteiger charge is 2.14. The second-order valence-corrected chi connectivity index (χ2v) is 5.24. The number of hydrogen-bond acceptors (Lipinski definition) is 5. The molecule has 7 nitrogen and oxygen atoms in total. The highest BCUT2D eigenvalue weighted by Crippen LogP contribution is 2.10. The molecule has 0 radical (unpaired) electrons. The van der Waals surface area contributed by atoms with Gasteiger partial charge in [0.2, 0.25) is 10.0 Å². The summed E-state index contributed by atoms with van der Waals surface area (Å²) >= 11 is 0. The van der Waals surface area contributed by atoms with Crippen LogP contribution in [0.2, 0.25) is 0 Å². The molecule has 0 spiro atoms. The molecule has 0 amide bonds. The number of hydrogen-bond donors (Lipinski definition) is 2. The maximum atomic E-state index is 11.9. The monoisotopic (exact) mass is 253 g/mol. The molecule has 0 unspecified atom stereocenters. The summed E-state index contributed by atoms with van der Waals surface area (Å²) in [7, 11) is -3.53. The second-order valence-electron chi connectivity index (χ2n) is 3.47. The smallest absolute Gasteiger partial charge is 0.207 e. The summed E-state index contributed by atoms with van der Waals surface area (Å²) in [4.78, 5) is 0.223. The molecule has 0 saturated carbocycles. The van der Waals surface area contributed by atoms with E-state index in [-0.39, 0.29) is 11.4 Å². The Hall–Kier alpha value is -1.80. The van der Waals surface area contributed by atoms with E-state index < -0.39 is 10.0 Å². The fraction of sp³-hybridized carbons (Fsp3) is 0.222. The van der Waals surface area contributed by atoms with E-state index in [0.29, 0.717) is 5.82 Å². The molecule has 0 aliphatic rings. The molecule has 1 aromatic carbocycles. The van der Waals surface area contributed by atoms with Crippen LogP contribution in [0.3, 0.4) is 0 Å². The van der Waals surface area contributed by atoms with Crippen LogP contribution in [0, 0.1) is 6.92 Å². The molecule has 2 rings (SSSR count). The third-order valence-electron chi connectivity index (χ3n) is 2.11. The van der Waals surface area contributed by atoms with Crippen molar-refractivity contribution >= 4 is 10.0 Å². The third kappa shape index (κ3) is 2.86. The standard InChI is InChI=1S/C9H11N5O2S/c1-7-3-2-4-8(5-7)17(15,16)10-6-9-11-13-14-12-9/h2-5,10H,6H2,1H3,(H,11,12,13,14). The van der Waals surface area contributed by atoms with Crippen LogP contribution in [-0.2, 0) is 16.6 Å². The van der Waals surface area contributed by atoms with E-state index in [2.05, 4.69) is 25.3 Å². The van der Waals surface area contributed by atoms with Crippen molar-refractivity contribution in [3.05, 3.63) is 35.7 Å². The van der Waals surface area contributed by atoms with Crippen LogP contribution in [-0.4, -0.2) is 29.0 Å². The Bertz CT molecular complexity index is 594. The molecule has 0 saturated heterocycles. The third-order valence-corrected chi connectivity index (χ3v) is 3.51. The van der Waals surface area contributed by atoms with E-state index in [4.69, 9.17) is 0 Å². The molecule has 17 heavy (non-hydrogen) atoms. The van der Waals surface area contributed by atoms with Crippen LogP contribution in [0.5, 0.6) is 0 Å². The van der Waals surface area contributed by atoms with Gasteiger partial charge in [0.1, 0.15) is 0 Å². The number of nitrogens with one attached hydrogen (secondary N) is 2. The minimum Gasteiger partial charge on any atom is -0.207 e. The predicted molar refractivity (Wildman–Crippen MR) is 59.4 cm³/mol. The van der Waals surface area contributed by atoms with E-state index in [1.165, 1.54) is 6.07 Å². The second kappa shape index (κ2) is 4.60. The quantitative estimate of drug-likeness (QED) is 0.798. The first-order valence-corrected chi connectivity index (χ1v) is 6.35.